The monoisotopic (exact) mass is 719 g/mol. The zero-order valence-corrected chi connectivity index (χ0v) is 29.4. The Morgan fingerprint density at radius 3 is 2.70 bits per heavy atom. The van der Waals surface area contributed by atoms with Crippen LogP contribution in [0.3, 0.4) is 0 Å². The van der Waals surface area contributed by atoms with Gasteiger partial charge in [-0.05, 0) is 54.3 Å². The number of rotatable bonds is 5. The van der Waals surface area contributed by atoms with Gasteiger partial charge in [-0.1, -0.05) is 24.3 Å². The molecule has 0 aliphatic carbocycles. The van der Waals surface area contributed by atoms with Crippen LogP contribution in [0.1, 0.15) is 18.5 Å². The average molecular weight is 720 g/mol. The van der Waals surface area contributed by atoms with E-state index in [1.54, 1.807) is 6.20 Å². The van der Waals surface area contributed by atoms with E-state index in [1.807, 2.05) is 45.8 Å². The van der Waals surface area contributed by atoms with Gasteiger partial charge in [-0.3, -0.25) is 14.4 Å². The van der Waals surface area contributed by atoms with E-state index in [9.17, 15) is 13.6 Å². The number of fused-ring (bicyclic) bond motifs is 6. The Bertz CT molecular complexity index is 2320. The van der Waals surface area contributed by atoms with E-state index in [0.717, 1.165) is 66.3 Å². The lowest BCUT2D eigenvalue weighted by atomic mass is 9.98. The molecule has 2 fully saturated rings. The van der Waals surface area contributed by atoms with Crippen molar-refractivity contribution < 1.29 is 23.0 Å². The molecule has 3 aliphatic rings. The fraction of sp³-hybridized carbons (Fsp3) is 0.359. The molecule has 0 spiro atoms. The molecule has 14 heteroatoms. The van der Waals surface area contributed by atoms with Crippen molar-refractivity contribution in [2.45, 2.75) is 31.4 Å². The molecule has 3 aromatic carbocycles. The van der Waals surface area contributed by atoms with Crippen molar-refractivity contribution in [2.75, 3.05) is 57.4 Å². The molecule has 1 amide bonds. The second kappa shape index (κ2) is 13.8. The first-order valence-corrected chi connectivity index (χ1v) is 18.1. The van der Waals surface area contributed by atoms with Crippen LogP contribution < -0.4 is 9.64 Å². The molecule has 2 atom stereocenters. The smallest absolute Gasteiger partial charge is 0.245 e. The number of morpholine rings is 1. The minimum Gasteiger partial charge on any atom is -0.488 e. The van der Waals surface area contributed by atoms with Crippen molar-refractivity contribution in [3.63, 3.8) is 0 Å². The maximum atomic E-state index is 14.9. The number of ether oxygens (including phenoxy) is 2. The third-order valence-electron chi connectivity index (χ3n) is 10.7. The Balaban J connectivity index is 1.12. The van der Waals surface area contributed by atoms with Gasteiger partial charge in [0, 0.05) is 63.3 Å². The van der Waals surface area contributed by atoms with E-state index >= 15 is 0 Å². The SMILES string of the molecule is Cn1nc2cccc3c2c1CCCN(CCN1CCOCC1)C(=O)[C@@H]1C[C@@H](CN1c1ncnc2c1cnn2-c1ccc(F)cc1F)Oc1cccc-3c1. The summed E-state index contributed by atoms with van der Waals surface area (Å²) in [6.45, 7) is 5.25. The molecule has 0 radical (unpaired) electrons. The Hall–Kier alpha value is -5.47. The quantitative estimate of drug-likeness (QED) is 0.249. The maximum Gasteiger partial charge on any atom is 0.245 e. The van der Waals surface area contributed by atoms with Gasteiger partial charge in [0.15, 0.2) is 11.5 Å². The summed E-state index contributed by atoms with van der Waals surface area (Å²) in [5.41, 5.74) is 4.59. The second-order valence-electron chi connectivity index (χ2n) is 13.9. The topological polar surface area (TPSA) is 107 Å². The molecular weight excluding hydrogens is 680 g/mol. The first kappa shape index (κ1) is 33.4. The Kier molecular flexibility index (Phi) is 8.70. The summed E-state index contributed by atoms with van der Waals surface area (Å²) >= 11 is 0. The first-order valence-electron chi connectivity index (χ1n) is 18.1. The average Bonchev–Trinajstić information content (AvgIpc) is 3.88. The van der Waals surface area contributed by atoms with Crippen molar-refractivity contribution in [3.8, 4) is 22.6 Å². The number of aromatic nitrogens is 6. The molecule has 2 saturated heterocycles. The molecule has 53 heavy (non-hydrogen) atoms. The number of carbonyl (C=O) groups is 1. The standard InChI is InChI=1S/C39H39F2N9O3/c1-46-34-9-4-12-48(14-13-47-15-17-52-18-16-47)39(51)35-21-28(53-27-6-2-5-25(19-27)29-7-3-8-32(45-46)36(29)34)23-49(35)37-30-22-44-50(38(30)43-24-42-37)33-11-10-26(40)20-31(33)41/h2-3,5-8,10-11,19-20,22,24,28,35H,4,9,12-18,21,23H2,1H3/t28-,35-/m0/s1. The van der Waals surface area contributed by atoms with Gasteiger partial charge in [-0.15, -0.1) is 0 Å². The Labute approximate surface area is 304 Å². The Morgan fingerprint density at radius 2 is 1.83 bits per heavy atom. The van der Waals surface area contributed by atoms with Gasteiger partial charge in [0.25, 0.3) is 0 Å². The lowest BCUT2D eigenvalue weighted by molar-refractivity contribution is -0.133. The number of hydrogen-bond donors (Lipinski definition) is 0. The van der Waals surface area contributed by atoms with Gasteiger partial charge in [0.05, 0.1) is 36.9 Å². The lowest BCUT2D eigenvalue weighted by Gasteiger charge is -2.33. The third kappa shape index (κ3) is 6.25. The highest BCUT2D eigenvalue weighted by atomic mass is 19.1. The normalized spacial score (nSPS) is 19.8. The van der Waals surface area contributed by atoms with E-state index in [1.165, 1.54) is 23.1 Å². The molecule has 12 nitrogen and oxygen atoms in total. The molecular formula is C39H39F2N9O3. The molecule has 0 N–H and O–H groups in total. The van der Waals surface area contributed by atoms with E-state index in [0.29, 0.717) is 61.9 Å². The minimum atomic E-state index is -0.765. The van der Waals surface area contributed by atoms with Gasteiger partial charge < -0.3 is 19.3 Å². The van der Waals surface area contributed by atoms with E-state index < -0.39 is 17.7 Å². The highest BCUT2D eigenvalue weighted by Crippen LogP contribution is 2.36. The van der Waals surface area contributed by atoms with Crippen molar-refractivity contribution in [1.29, 1.82) is 0 Å². The molecule has 4 bridgehead atoms. The van der Waals surface area contributed by atoms with Crippen LogP contribution in [0.4, 0.5) is 14.6 Å². The van der Waals surface area contributed by atoms with E-state index in [4.69, 9.17) is 14.6 Å². The number of hydrogen-bond acceptors (Lipinski definition) is 9. The molecule has 3 aromatic heterocycles. The van der Waals surface area contributed by atoms with Crippen molar-refractivity contribution in [3.05, 3.63) is 90.5 Å². The summed E-state index contributed by atoms with van der Waals surface area (Å²) in [5, 5.41) is 11.0. The number of benzene rings is 3. The highest BCUT2D eigenvalue weighted by molar-refractivity contribution is 5.97. The van der Waals surface area contributed by atoms with Gasteiger partial charge in [0.1, 0.15) is 41.5 Å². The summed E-state index contributed by atoms with van der Waals surface area (Å²) in [6.07, 6.45) is 4.54. The van der Waals surface area contributed by atoms with Crippen LogP contribution in [0, 0.1) is 11.6 Å². The third-order valence-corrected chi connectivity index (χ3v) is 10.7. The second-order valence-corrected chi connectivity index (χ2v) is 13.9. The molecule has 3 aliphatic heterocycles. The van der Waals surface area contributed by atoms with Crippen LogP contribution in [0.25, 0.3) is 38.8 Å². The molecule has 0 saturated carbocycles. The Morgan fingerprint density at radius 1 is 0.962 bits per heavy atom. The predicted octanol–water partition coefficient (Wildman–Crippen LogP) is 4.78. The number of carbonyl (C=O) groups excluding carboxylic acids is 1. The van der Waals surface area contributed by atoms with Crippen molar-refractivity contribution in [2.24, 2.45) is 7.05 Å². The summed E-state index contributed by atoms with van der Waals surface area (Å²) in [7, 11) is 1.99. The molecule has 6 aromatic rings. The number of halogens is 2. The zero-order valence-electron chi connectivity index (χ0n) is 29.4. The highest BCUT2D eigenvalue weighted by Gasteiger charge is 2.42. The van der Waals surface area contributed by atoms with Crippen molar-refractivity contribution >= 4 is 33.7 Å². The van der Waals surface area contributed by atoms with Crippen LogP contribution in [-0.4, -0.2) is 110 Å². The van der Waals surface area contributed by atoms with Gasteiger partial charge in [-0.25, -0.2) is 23.4 Å². The van der Waals surface area contributed by atoms with Crippen LogP contribution >= 0.6 is 0 Å². The zero-order chi connectivity index (χ0) is 36.1. The molecule has 272 valence electrons. The number of nitrogens with zero attached hydrogens (tertiary/aromatic N) is 9. The first-order chi connectivity index (χ1) is 25.9. The van der Waals surface area contributed by atoms with Gasteiger partial charge in [0.2, 0.25) is 5.91 Å². The summed E-state index contributed by atoms with van der Waals surface area (Å²) < 4.78 is 44.3. The van der Waals surface area contributed by atoms with Gasteiger partial charge in [-0.2, -0.15) is 10.2 Å². The minimum absolute atomic E-state index is 0.00716. The molecule has 6 heterocycles. The number of aryl methyl sites for hydroxylation is 2. The summed E-state index contributed by atoms with van der Waals surface area (Å²) in [4.78, 5) is 30.4. The van der Waals surface area contributed by atoms with Gasteiger partial charge >= 0.3 is 0 Å². The van der Waals surface area contributed by atoms with E-state index in [-0.39, 0.29) is 17.7 Å². The fourth-order valence-corrected chi connectivity index (χ4v) is 8.08. The van der Waals surface area contributed by atoms with Crippen molar-refractivity contribution in [1.82, 2.24) is 39.3 Å². The largest absolute Gasteiger partial charge is 0.488 e. The summed E-state index contributed by atoms with van der Waals surface area (Å²) in [6, 6.07) is 17.0. The number of anilines is 1. The predicted molar refractivity (Wildman–Crippen MR) is 195 cm³/mol. The molecule has 0 unspecified atom stereocenters. The van der Waals surface area contributed by atoms with Crippen LogP contribution in [0.2, 0.25) is 0 Å². The lowest BCUT2D eigenvalue weighted by Crippen LogP contribution is -2.49. The van der Waals surface area contributed by atoms with Crippen LogP contribution in [-0.2, 0) is 23.0 Å². The maximum absolute atomic E-state index is 14.9. The number of amides is 1. The summed E-state index contributed by atoms with van der Waals surface area (Å²) in [5.74, 6) is -0.252. The van der Waals surface area contributed by atoms with E-state index in [2.05, 4.69) is 38.2 Å². The fourth-order valence-electron chi connectivity index (χ4n) is 8.08. The molecule has 9 rings (SSSR count). The van der Waals surface area contributed by atoms with Crippen LogP contribution in [0.5, 0.6) is 5.75 Å². The van der Waals surface area contributed by atoms with Crippen LogP contribution in [0.15, 0.2) is 73.2 Å².